The van der Waals surface area contributed by atoms with Crippen LogP contribution in [0.1, 0.15) is 33.1 Å². The van der Waals surface area contributed by atoms with E-state index in [1.807, 2.05) is 6.07 Å². The summed E-state index contributed by atoms with van der Waals surface area (Å²) in [6.07, 6.45) is 5.43. The highest BCUT2D eigenvalue weighted by Crippen LogP contribution is 2.23. The van der Waals surface area contributed by atoms with E-state index in [-0.39, 0.29) is 0 Å². The van der Waals surface area contributed by atoms with Gasteiger partial charge in [0, 0.05) is 36.7 Å². The largest absolute Gasteiger partial charge is 0.372 e. The van der Waals surface area contributed by atoms with Gasteiger partial charge in [-0.15, -0.1) is 0 Å². The Hall–Kier alpha value is -2.30. The van der Waals surface area contributed by atoms with Crippen molar-refractivity contribution in [2.45, 2.75) is 39.2 Å². The lowest BCUT2D eigenvalue weighted by atomic mass is 10.2. The van der Waals surface area contributed by atoms with E-state index in [1.165, 1.54) is 31.6 Å². The molecule has 122 valence electrons. The van der Waals surface area contributed by atoms with Crippen LogP contribution in [0.25, 0.3) is 0 Å². The Kier molecular flexibility index (Phi) is 4.95. The molecule has 1 unspecified atom stereocenters. The van der Waals surface area contributed by atoms with Crippen LogP contribution in [0.2, 0.25) is 0 Å². The number of nitrogens with one attached hydrogen (secondary N) is 2. The molecule has 1 fully saturated rings. The number of rotatable bonds is 6. The molecule has 1 aromatic carbocycles. The van der Waals surface area contributed by atoms with Gasteiger partial charge in [0.1, 0.15) is 5.82 Å². The molecule has 1 aromatic heterocycles. The van der Waals surface area contributed by atoms with Crippen LogP contribution in [0.5, 0.6) is 0 Å². The first-order valence-corrected chi connectivity index (χ1v) is 8.46. The van der Waals surface area contributed by atoms with Gasteiger partial charge in [-0.25, -0.2) is 4.98 Å². The molecule has 23 heavy (non-hydrogen) atoms. The van der Waals surface area contributed by atoms with Crippen molar-refractivity contribution in [2.75, 3.05) is 28.6 Å². The zero-order valence-corrected chi connectivity index (χ0v) is 13.9. The molecule has 2 N–H and O–H groups in total. The smallest absolute Gasteiger partial charge is 0.229 e. The first-order valence-electron chi connectivity index (χ1n) is 8.46. The van der Waals surface area contributed by atoms with Crippen molar-refractivity contribution >= 4 is 23.1 Å². The standard InChI is InChI=1S/C18H25N5/c1-3-14(2)20-17-10-11-19-18(22-17)21-15-6-8-16(9-7-15)23-12-4-5-13-23/h6-11,14H,3-5,12-13H2,1-2H3,(H2,19,20,21,22). The molecule has 1 aliphatic rings. The van der Waals surface area contributed by atoms with Crippen LogP contribution in [0.15, 0.2) is 36.5 Å². The third kappa shape index (κ3) is 4.12. The normalized spacial score (nSPS) is 15.5. The molecule has 2 aromatic rings. The van der Waals surface area contributed by atoms with Crippen LogP contribution < -0.4 is 15.5 Å². The molecule has 0 saturated carbocycles. The molecule has 1 saturated heterocycles. The molecule has 0 amide bonds. The lowest BCUT2D eigenvalue weighted by Gasteiger charge is -2.18. The van der Waals surface area contributed by atoms with Crippen LogP contribution in [-0.2, 0) is 0 Å². The Bertz CT molecular complexity index is 620. The summed E-state index contributed by atoms with van der Waals surface area (Å²) < 4.78 is 0. The quantitative estimate of drug-likeness (QED) is 0.843. The van der Waals surface area contributed by atoms with Gasteiger partial charge in [0.2, 0.25) is 5.95 Å². The van der Waals surface area contributed by atoms with Crippen molar-refractivity contribution in [2.24, 2.45) is 0 Å². The zero-order chi connectivity index (χ0) is 16.1. The first kappa shape index (κ1) is 15.6. The first-order chi connectivity index (χ1) is 11.2. The van der Waals surface area contributed by atoms with Gasteiger partial charge in [0.15, 0.2) is 0 Å². The highest BCUT2D eigenvalue weighted by atomic mass is 15.2. The maximum Gasteiger partial charge on any atom is 0.229 e. The average molecular weight is 311 g/mol. The Labute approximate surface area is 138 Å². The summed E-state index contributed by atoms with van der Waals surface area (Å²) in [7, 11) is 0. The van der Waals surface area contributed by atoms with Gasteiger partial charge in [-0.05, 0) is 56.5 Å². The third-order valence-corrected chi connectivity index (χ3v) is 4.26. The zero-order valence-electron chi connectivity index (χ0n) is 13.9. The fourth-order valence-corrected chi connectivity index (χ4v) is 2.71. The van der Waals surface area contributed by atoms with Crippen molar-refractivity contribution in [1.82, 2.24) is 9.97 Å². The van der Waals surface area contributed by atoms with Crippen molar-refractivity contribution in [3.8, 4) is 0 Å². The molecule has 5 heteroatoms. The SMILES string of the molecule is CCC(C)Nc1ccnc(Nc2ccc(N3CCCC3)cc2)n1. The van der Waals surface area contributed by atoms with E-state index in [4.69, 9.17) is 0 Å². The van der Waals surface area contributed by atoms with Crippen LogP contribution in [0, 0.1) is 0 Å². The number of benzene rings is 1. The molecule has 0 aliphatic carbocycles. The maximum atomic E-state index is 4.51. The maximum absolute atomic E-state index is 4.51. The van der Waals surface area contributed by atoms with Gasteiger partial charge in [-0.1, -0.05) is 6.92 Å². The predicted octanol–water partition coefficient (Wildman–Crippen LogP) is 4.03. The fourth-order valence-electron chi connectivity index (χ4n) is 2.71. The second-order valence-corrected chi connectivity index (χ2v) is 6.09. The highest BCUT2D eigenvalue weighted by molar-refractivity contribution is 5.60. The lowest BCUT2D eigenvalue weighted by molar-refractivity contribution is 0.758. The van der Waals surface area contributed by atoms with Crippen LogP contribution in [0.4, 0.5) is 23.1 Å². The minimum atomic E-state index is 0.400. The second-order valence-electron chi connectivity index (χ2n) is 6.09. The Morgan fingerprint density at radius 3 is 2.57 bits per heavy atom. The van der Waals surface area contributed by atoms with Crippen molar-refractivity contribution in [3.05, 3.63) is 36.5 Å². The van der Waals surface area contributed by atoms with Gasteiger partial charge in [0.25, 0.3) is 0 Å². The Balaban J connectivity index is 1.65. The monoisotopic (exact) mass is 311 g/mol. The van der Waals surface area contributed by atoms with Crippen molar-refractivity contribution < 1.29 is 0 Å². The van der Waals surface area contributed by atoms with Crippen molar-refractivity contribution in [3.63, 3.8) is 0 Å². The highest BCUT2D eigenvalue weighted by Gasteiger charge is 2.11. The van der Waals surface area contributed by atoms with E-state index in [0.717, 1.165) is 17.9 Å². The molecule has 5 nitrogen and oxygen atoms in total. The molecule has 2 heterocycles. The average Bonchev–Trinajstić information content (AvgIpc) is 3.10. The molecule has 1 atom stereocenters. The topological polar surface area (TPSA) is 53.1 Å². The third-order valence-electron chi connectivity index (χ3n) is 4.26. The van der Waals surface area contributed by atoms with Crippen LogP contribution in [-0.4, -0.2) is 29.1 Å². The van der Waals surface area contributed by atoms with E-state index >= 15 is 0 Å². The molecule has 0 spiro atoms. The molecule has 3 rings (SSSR count). The Morgan fingerprint density at radius 2 is 1.87 bits per heavy atom. The minimum Gasteiger partial charge on any atom is -0.372 e. The Morgan fingerprint density at radius 1 is 1.13 bits per heavy atom. The van der Waals surface area contributed by atoms with E-state index in [9.17, 15) is 0 Å². The number of anilines is 4. The van der Waals surface area contributed by atoms with E-state index in [0.29, 0.717) is 12.0 Å². The lowest BCUT2D eigenvalue weighted by Crippen LogP contribution is -2.17. The number of hydrogen-bond donors (Lipinski definition) is 2. The predicted molar refractivity (Wildman–Crippen MR) is 96.6 cm³/mol. The summed E-state index contributed by atoms with van der Waals surface area (Å²) in [6.45, 7) is 6.63. The minimum absolute atomic E-state index is 0.400. The second kappa shape index (κ2) is 7.31. The van der Waals surface area contributed by atoms with Crippen molar-refractivity contribution in [1.29, 1.82) is 0 Å². The number of aromatic nitrogens is 2. The number of hydrogen-bond acceptors (Lipinski definition) is 5. The summed E-state index contributed by atoms with van der Waals surface area (Å²) >= 11 is 0. The van der Waals surface area contributed by atoms with Gasteiger partial charge < -0.3 is 15.5 Å². The molecule has 1 aliphatic heterocycles. The van der Waals surface area contributed by atoms with E-state index < -0.39 is 0 Å². The molecule has 0 bridgehead atoms. The fraction of sp³-hybridized carbons (Fsp3) is 0.444. The summed E-state index contributed by atoms with van der Waals surface area (Å²) in [5.74, 6) is 1.47. The summed E-state index contributed by atoms with van der Waals surface area (Å²) in [4.78, 5) is 11.2. The van der Waals surface area contributed by atoms with Gasteiger partial charge in [-0.3, -0.25) is 0 Å². The van der Waals surface area contributed by atoms with Gasteiger partial charge >= 0.3 is 0 Å². The van der Waals surface area contributed by atoms with Gasteiger partial charge in [-0.2, -0.15) is 4.98 Å². The molecular formula is C18H25N5. The van der Waals surface area contributed by atoms with Crippen LogP contribution >= 0.6 is 0 Å². The summed E-state index contributed by atoms with van der Waals surface area (Å²) in [5, 5.41) is 6.64. The summed E-state index contributed by atoms with van der Waals surface area (Å²) in [5.41, 5.74) is 2.30. The van der Waals surface area contributed by atoms with Gasteiger partial charge in [0.05, 0.1) is 0 Å². The van der Waals surface area contributed by atoms with Crippen LogP contribution in [0.3, 0.4) is 0 Å². The number of nitrogens with zero attached hydrogens (tertiary/aromatic N) is 3. The summed E-state index contributed by atoms with van der Waals surface area (Å²) in [6, 6.07) is 10.8. The molecular weight excluding hydrogens is 286 g/mol. The van der Waals surface area contributed by atoms with E-state index in [1.54, 1.807) is 6.20 Å². The van der Waals surface area contributed by atoms with E-state index in [2.05, 4.69) is 63.6 Å². The molecule has 0 radical (unpaired) electrons.